The summed E-state index contributed by atoms with van der Waals surface area (Å²) >= 11 is 13.2. The third-order valence-corrected chi connectivity index (χ3v) is 5.72. The molecular formula is C18H21ClN4OS2. The zero-order valence-electron chi connectivity index (χ0n) is 14.5. The van der Waals surface area contributed by atoms with Crippen molar-refractivity contribution in [2.75, 3.05) is 42.9 Å². The van der Waals surface area contributed by atoms with Crippen molar-refractivity contribution in [3.63, 3.8) is 0 Å². The molecule has 2 aromatic rings. The number of amides is 1. The number of thiocarbonyl (C=S) groups is 1. The number of thiophene rings is 1. The molecule has 1 aliphatic heterocycles. The summed E-state index contributed by atoms with van der Waals surface area (Å²) in [4.78, 5) is 17.5. The number of hydrogen-bond acceptors (Lipinski definition) is 5. The lowest BCUT2D eigenvalue weighted by Crippen LogP contribution is -2.46. The Morgan fingerprint density at radius 1 is 1.23 bits per heavy atom. The van der Waals surface area contributed by atoms with Gasteiger partial charge in [-0.05, 0) is 42.3 Å². The molecule has 1 saturated heterocycles. The summed E-state index contributed by atoms with van der Waals surface area (Å²) in [6, 6.07) is 9.28. The molecule has 0 spiro atoms. The van der Waals surface area contributed by atoms with Gasteiger partial charge in [0.1, 0.15) is 0 Å². The second-order valence-electron chi connectivity index (χ2n) is 5.94. The number of nitrogens with zero attached hydrogens (tertiary/aromatic N) is 2. The molecule has 2 N–H and O–H groups in total. The van der Waals surface area contributed by atoms with Gasteiger partial charge in [-0.15, -0.1) is 11.3 Å². The van der Waals surface area contributed by atoms with Crippen LogP contribution < -0.4 is 15.5 Å². The highest BCUT2D eigenvalue weighted by Crippen LogP contribution is 2.34. The summed E-state index contributed by atoms with van der Waals surface area (Å²) in [5, 5.41) is 8.64. The molecule has 2 heterocycles. The number of benzene rings is 1. The molecule has 8 heteroatoms. The Hall–Kier alpha value is -1.67. The van der Waals surface area contributed by atoms with Crippen LogP contribution in [0.1, 0.15) is 16.6 Å². The highest BCUT2D eigenvalue weighted by atomic mass is 35.5. The Kier molecular flexibility index (Phi) is 6.48. The number of carbonyl (C=O) groups excluding carboxylic acids is 1. The van der Waals surface area contributed by atoms with E-state index in [1.807, 2.05) is 29.6 Å². The normalized spacial score (nSPS) is 14.9. The minimum absolute atomic E-state index is 0.211. The van der Waals surface area contributed by atoms with Gasteiger partial charge in [0, 0.05) is 26.2 Å². The highest BCUT2D eigenvalue weighted by Gasteiger charge is 2.21. The molecule has 0 radical (unpaired) electrons. The van der Waals surface area contributed by atoms with E-state index in [4.69, 9.17) is 23.8 Å². The number of likely N-dealkylation sites (N-methyl/N-ethyl adjacent to an activating group) is 1. The van der Waals surface area contributed by atoms with Gasteiger partial charge in [0.05, 0.1) is 21.3 Å². The maximum atomic E-state index is 12.2. The van der Waals surface area contributed by atoms with Crippen molar-refractivity contribution in [3.05, 3.63) is 45.6 Å². The maximum absolute atomic E-state index is 12.2. The van der Waals surface area contributed by atoms with Gasteiger partial charge in [0.15, 0.2) is 5.11 Å². The number of carbonyl (C=O) groups is 1. The van der Waals surface area contributed by atoms with E-state index >= 15 is 0 Å². The monoisotopic (exact) mass is 408 g/mol. The Morgan fingerprint density at radius 2 is 2.00 bits per heavy atom. The van der Waals surface area contributed by atoms with E-state index in [1.165, 1.54) is 11.3 Å². The van der Waals surface area contributed by atoms with Crippen LogP contribution in [0.15, 0.2) is 35.7 Å². The van der Waals surface area contributed by atoms with E-state index in [1.54, 1.807) is 6.07 Å². The van der Waals surface area contributed by atoms with Gasteiger partial charge in [-0.3, -0.25) is 10.1 Å². The van der Waals surface area contributed by atoms with Crippen LogP contribution in [0.4, 0.5) is 11.4 Å². The quantitative estimate of drug-likeness (QED) is 0.756. The van der Waals surface area contributed by atoms with Gasteiger partial charge in [0.25, 0.3) is 5.91 Å². The van der Waals surface area contributed by atoms with Crippen LogP contribution in [0.3, 0.4) is 0 Å². The number of piperazine rings is 1. The molecule has 1 aliphatic rings. The Labute approximate surface area is 167 Å². The smallest absolute Gasteiger partial charge is 0.267 e. The predicted molar refractivity (Wildman–Crippen MR) is 114 cm³/mol. The number of anilines is 2. The van der Waals surface area contributed by atoms with Crippen LogP contribution in [-0.2, 0) is 0 Å². The van der Waals surface area contributed by atoms with E-state index in [-0.39, 0.29) is 11.0 Å². The van der Waals surface area contributed by atoms with E-state index in [2.05, 4.69) is 27.4 Å². The average Bonchev–Trinajstić information content (AvgIpc) is 3.17. The van der Waals surface area contributed by atoms with Gasteiger partial charge in [-0.2, -0.15) is 0 Å². The SMILES string of the molecule is CCN1CCN(c2c(Cl)cccc2NC(=S)NC(=O)c2cccs2)CC1. The zero-order chi connectivity index (χ0) is 18.5. The van der Waals surface area contributed by atoms with Crippen molar-refractivity contribution in [1.82, 2.24) is 10.2 Å². The second-order valence-corrected chi connectivity index (χ2v) is 7.71. The van der Waals surface area contributed by atoms with E-state index in [0.29, 0.717) is 9.90 Å². The van der Waals surface area contributed by atoms with Crippen LogP contribution >= 0.6 is 35.2 Å². The molecule has 0 saturated carbocycles. The molecule has 138 valence electrons. The minimum atomic E-state index is -0.211. The lowest BCUT2D eigenvalue weighted by Gasteiger charge is -2.37. The minimum Gasteiger partial charge on any atom is -0.366 e. The van der Waals surface area contributed by atoms with Crippen LogP contribution in [0.2, 0.25) is 5.02 Å². The summed E-state index contributed by atoms with van der Waals surface area (Å²) < 4.78 is 0. The molecule has 0 unspecified atom stereocenters. The molecule has 1 fully saturated rings. The first-order valence-electron chi connectivity index (χ1n) is 8.50. The van der Waals surface area contributed by atoms with Crippen molar-refractivity contribution in [1.29, 1.82) is 0 Å². The lowest BCUT2D eigenvalue weighted by molar-refractivity contribution is 0.0981. The molecule has 1 amide bonds. The third kappa shape index (κ3) is 4.54. The molecule has 3 rings (SSSR count). The van der Waals surface area contributed by atoms with Gasteiger partial charge >= 0.3 is 0 Å². The molecule has 0 atom stereocenters. The van der Waals surface area contributed by atoms with Gasteiger partial charge in [-0.1, -0.05) is 30.7 Å². The molecular weight excluding hydrogens is 388 g/mol. The first-order valence-corrected chi connectivity index (χ1v) is 10.2. The lowest BCUT2D eigenvalue weighted by atomic mass is 10.2. The first-order chi connectivity index (χ1) is 12.6. The predicted octanol–water partition coefficient (Wildman–Crippen LogP) is 3.67. The summed E-state index contributed by atoms with van der Waals surface area (Å²) in [5.41, 5.74) is 1.73. The Balaban J connectivity index is 1.71. The standard InChI is InChI=1S/C18H21ClN4OS2/c1-2-22-8-10-23(11-9-22)16-13(19)5-3-6-14(16)20-18(25)21-17(24)15-7-4-12-26-15/h3-7,12H,2,8-11H2,1H3,(H2,20,21,24,25). The average molecular weight is 409 g/mol. The summed E-state index contributed by atoms with van der Waals surface area (Å²) in [5.74, 6) is -0.211. The Morgan fingerprint density at radius 3 is 2.65 bits per heavy atom. The number of para-hydroxylation sites is 1. The van der Waals surface area contributed by atoms with Crippen LogP contribution in [0.5, 0.6) is 0 Å². The fourth-order valence-electron chi connectivity index (χ4n) is 2.95. The van der Waals surface area contributed by atoms with Crippen LogP contribution in [0.25, 0.3) is 0 Å². The number of nitrogens with one attached hydrogen (secondary N) is 2. The topological polar surface area (TPSA) is 47.6 Å². The summed E-state index contributed by atoms with van der Waals surface area (Å²) in [6.07, 6.45) is 0. The van der Waals surface area contributed by atoms with Crippen molar-refractivity contribution in [2.45, 2.75) is 6.92 Å². The summed E-state index contributed by atoms with van der Waals surface area (Å²) in [7, 11) is 0. The number of hydrogen-bond donors (Lipinski definition) is 2. The number of rotatable bonds is 4. The Bertz CT molecular complexity index is 774. The second kappa shape index (κ2) is 8.81. The number of halogens is 1. The molecule has 1 aromatic carbocycles. The van der Waals surface area contributed by atoms with E-state index in [9.17, 15) is 4.79 Å². The van der Waals surface area contributed by atoms with Gasteiger partial charge in [0.2, 0.25) is 0 Å². The van der Waals surface area contributed by atoms with Gasteiger partial charge in [-0.25, -0.2) is 0 Å². The van der Waals surface area contributed by atoms with E-state index in [0.717, 1.165) is 44.1 Å². The van der Waals surface area contributed by atoms with Crippen LogP contribution in [0, 0.1) is 0 Å². The van der Waals surface area contributed by atoms with Crippen molar-refractivity contribution < 1.29 is 4.79 Å². The summed E-state index contributed by atoms with van der Waals surface area (Å²) in [6.45, 7) is 7.04. The molecule has 26 heavy (non-hydrogen) atoms. The maximum Gasteiger partial charge on any atom is 0.267 e. The molecule has 0 bridgehead atoms. The third-order valence-electron chi connectivity index (χ3n) is 4.34. The van der Waals surface area contributed by atoms with E-state index < -0.39 is 0 Å². The largest absolute Gasteiger partial charge is 0.366 e. The molecule has 5 nitrogen and oxygen atoms in total. The fourth-order valence-corrected chi connectivity index (χ4v) is 4.07. The first kappa shape index (κ1) is 19.1. The van der Waals surface area contributed by atoms with Crippen molar-refractivity contribution in [2.24, 2.45) is 0 Å². The fraction of sp³-hybridized carbons (Fsp3) is 0.333. The van der Waals surface area contributed by atoms with Crippen molar-refractivity contribution >= 4 is 57.5 Å². The van der Waals surface area contributed by atoms with Crippen LogP contribution in [-0.4, -0.2) is 48.6 Å². The van der Waals surface area contributed by atoms with Crippen molar-refractivity contribution in [3.8, 4) is 0 Å². The molecule has 1 aromatic heterocycles. The van der Waals surface area contributed by atoms with Gasteiger partial charge < -0.3 is 15.1 Å². The zero-order valence-corrected chi connectivity index (χ0v) is 16.9. The molecule has 0 aliphatic carbocycles. The highest BCUT2D eigenvalue weighted by molar-refractivity contribution is 7.80.